The molecule has 0 aliphatic rings. The monoisotopic (exact) mass is 279 g/mol. The molecule has 20 heavy (non-hydrogen) atoms. The van der Waals surface area contributed by atoms with Crippen LogP contribution < -0.4 is 10.1 Å². The highest BCUT2D eigenvalue weighted by atomic mass is 16.5. The molecule has 1 N–H and O–H groups in total. The second-order valence-corrected chi connectivity index (χ2v) is 4.69. The standard InChI is InChI=1S/C16H25NO3/c1-3-4-11-20-12-5-10-17-16(18)13-14-6-8-15(19-2)9-7-14/h6-9H,3-5,10-13H2,1-2H3,(H,17,18). The van der Waals surface area contributed by atoms with Crippen LogP contribution in [0.2, 0.25) is 0 Å². The number of ether oxygens (including phenoxy) is 2. The maximum Gasteiger partial charge on any atom is 0.224 e. The number of methoxy groups -OCH3 is 1. The van der Waals surface area contributed by atoms with Crippen LogP contribution in [0.25, 0.3) is 0 Å². The highest BCUT2D eigenvalue weighted by molar-refractivity contribution is 5.78. The third kappa shape index (κ3) is 7.14. The van der Waals surface area contributed by atoms with Gasteiger partial charge in [-0.05, 0) is 30.5 Å². The molecular weight excluding hydrogens is 254 g/mol. The first-order chi connectivity index (χ1) is 9.76. The van der Waals surface area contributed by atoms with Crippen molar-refractivity contribution in [3.05, 3.63) is 29.8 Å². The van der Waals surface area contributed by atoms with Crippen molar-refractivity contribution in [2.45, 2.75) is 32.6 Å². The molecule has 0 atom stereocenters. The molecule has 0 saturated carbocycles. The molecule has 112 valence electrons. The number of benzene rings is 1. The minimum Gasteiger partial charge on any atom is -0.497 e. The van der Waals surface area contributed by atoms with Gasteiger partial charge in [0, 0.05) is 19.8 Å². The van der Waals surface area contributed by atoms with Crippen molar-refractivity contribution in [1.82, 2.24) is 5.32 Å². The third-order valence-corrected chi connectivity index (χ3v) is 2.95. The Bertz CT molecular complexity index is 376. The summed E-state index contributed by atoms with van der Waals surface area (Å²) >= 11 is 0. The predicted octanol–water partition coefficient (Wildman–Crippen LogP) is 2.56. The lowest BCUT2D eigenvalue weighted by molar-refractivity contribution is -0.120. The minimum atomic E-state index is 0.0451. The highest BCUT2D eigenvalue weighted by Crippen LogP contribution is 2.11. The molecule has 1 amide bonds. The molecule has 0 spiro atoms. The molecule has 1 aromatic carbocycles. The number of unbranched alkanes of at least 4 members (excludes halogenated alkanes) is 1. The molecule has 0 unspecified atom stereocenters. The second-order valence-electron chi connectivity index (χ2n) is 4.69. The van der Waals surface area contributed by atoms with Crippen molar-refractivity contribution < 1.29 is 14.3 Å². The van der Waals surface area contributed by atoms with E-state index >= 15 is 0 Å². The molecule has 4 nitrogen and oxygen atoms in total. The van der Waals surface area contributed by atoms with E-state index in [9.17, 15) is 4.79 Å². The molecule has 0 saturated heterocycles. The number of carbonyl (C=O) groups is 1. The summed E-state index contributed by atoms with van der Waals surface area (Å²) in [6.07, 6.45) is 3.52. The smallest absolute Gasteiger partial charge is 0.224 e. The molecule has 4 heteroatoms. The second kappa shape index (κ2) is 10.3. The Morgan fingerprint density at radius 3 is 2.50 bits per heavy atom. The Hall–Kier alpha value is -1.55. The molecule has 0 bridgehead atoms. The maximum atomic E-state index is 11.7. The molecule has 1 rings (SSSR count). The van der Waals surface area contributed by atoms with Crippen molar-refractivity contribution in [3.63, 3.8) is 0 Å². The molecule has 0 fully saturated rings. The van der Waals surface area contributed by atoms with Gasteiger partial charge in [0.25, 0.3) is 0 Å². The van der Waals surface area contributed by atoms with Gasteiger partial charge in [-0.3, -0.25) is 4.79 Å². The van der Waals surface area contributed by atoms with Gasteiger partial charge in [-0.15, -0.1) is 0 Å². The Labute approximate surface area is 121 Å². The van der Waals surface area contributed by atoms with Gasteiger partial charge in [0.05, 0.1) is 13.5 Å². The number of carbonyl (C=O) groups excluding carboxylic acids is 1. The first-order valence-corrected chi connectivity index (χ1v) is 7.23. The normalized spacial score (nSPS) is 10.3. The van der Waals surface area contributed by atoms with E-state index in [1.54, 1.807) is 7.11 Å². The summed E-state index contributed by atoms with van der Waals surface area (Å²) in [7, 11) is 1.63. The van der Waals surface area contributed by atoms with Gasteiger partial charge >= 0.3 is 0 Å². The van der Waals surface area contributed by atoms with Crippen molar-refractivity contribution in [1.29, 1.82) is 0 Å². The van der Waals surface area contributed by atoms with Crippen LogP contribution in [0.4, 0.5) is 0 Å². The summed E-state index contributed by atoms with van der Waals surface area (Å²) in [5.41, 5.74) is 0.988. The van der Waals surface area contributed by atoms with E-state index in [4.69, 9.17) is 9.47 Å². The van der Waals surface area contributed by atoms with Gasteiger partial charge in [0.2, 0.25) is 5.91 Å². The summed E-state index contributed by atoms with van der Waals surface area (Å²) in [4.78, 5) is 11.7. The molecule has 1 aromatic rings. The highest BCUT2D eigenvalue weighted by Gasteiger charge is 2.02. The molecule has 0 radical (unpaired) electrons. The van der Waals surface area contributed by atoms with Gasteiger partial charge in [-0.25, -0.2) is 0 Å². The van der Waals surface area contributed by atoms with Gasteiger partial charge in [-0.1, -0.05) is 25.5 Å². The molecule has 0 heterocycles. The summed E-state index contributed by atoms with van der Waals surface area (Å²) in [6.45, 7) is 4.34. The van der Waals surface area contributed by atoms with Crippen LogP contribution in [-0.4, -0.2) is 32.8 Å². The first-order valence-electron chi connectivity index (χ1n) is 7.23. The molecule has 0 aromatic heterocycles. The zero-order valence-corrected chi connectivity index (χ0v) is 12.5. The number of nitrogens with one attached hydrogen (secondary N) is 1. The Morgan fingerprint density at radius 1 is 1.15 bits per heavy atom. The third-order valence-electron chi connectivity index (χ3n) is 2.95. The zero-order chi connectivity index (χ0) is 14.6. The average Bonchev–Trinajstić information content (AvgIpc) is 2.47. The van der Waals surface area contributed by atoms with E-state index in [0.717, 1.165) is 37.2 Å². The van der Waals surface area contributed by atoms with Gasteiger partial charge in [0.1, 0.15) is 5.75 Å². The van der Waals surface area contributed by atoms with Crippen LogP contribution in [0.15, 0.2) is 24.3 Å². The van der Waals surface area contributed by atoms with Gasteiger partial charge in [0.15, 0.2) is 0 Å². The molecular formula is C16H25NO3. The fraction of sp³-hybridized carbons (Fsp3) is 0.562. The lowest BCUT2D eigenvalue weighted by Gasteiger charge is -2.06. The molecule has 0 aliphatic carbocycles. The Morgan fingerprint density at radius 2 is 1.85 bits per heavy atom. The number of hydrogen-bond donors (Lipinski definition) is 1. The summed E-state index contributed by atoms with van der Waals surface area (Å²) in [5, 5.41) is 2.90. The minimum absolute atomic E-state index is 0.0451. The zero-order valence-electron chi connectivity index (χ0n) is 12.5. The van der Waals surface area contributed by atoms with E-state index in [2.05, 4.69) is 12.2 Å². The predicted molar refractivity (Wildman–Crippen MR) is 80.1 cm³/mol. The van der Waals surface area contributed by atoms with Crippen LogP contribution in [0, 0.1) is 0 Å². The topological polar surface area (TPSA) is 47.6 Å². The Balaban J connectivity index is 2.10. The first kappa shape index (κ1) is 16.5. The Kier molecular flexibility index (Phi) is 8.47. The van der Waals surface area contributed by atoms with Gasteiger partial charge in [-0.2, -0.15) is 0 Å². The van der Waals surface area contributed by atoms with Gasteiger partial charge < -0.3 is 14.8 Å². The quantitative estimate of drug-likeness (QED) is 0.670. The fourth-order valence-corrected chi connectivity index (χ4v) is 1.74. The SMILES string of the molecule is CCCCOCCCNC(=O)Cc1ccc(OC)cc1. The van der Waals surface area contributed by atoms with Crippen LogP contribution in [0.1, 0.15) is 31.7 Å². The average molecular weight is 279 g/mol. The number of amides is 1. The van der Waals surface area contributed by atoms with E-state index < -0.39 is 0 Å². The van der Waals surface area contributed by atoms with Crippen LogP contribution in [-0.2, 0) is 16.0 Å². The van der Waals surface area contributed by atoms with Crippen LogP contribution in [0.5, 0.6) is 5.75 Å². The lowest BCUT2D eigenvalue weighted by atomic mass is 10.1. The number of rotatable bonds is 10. The van der Waals surface area contributed by atoms with Crippen LogP contribution in [0.3, 0.4) is 0 Å². The summed E-state index contributed by atoms with van der Waals surface area (Å²) in [5.74, 6) is 0.849. The number of hydrogen-bond acceptors (Lipinski definition) is 3. The maximum absolute atomic E-state index is 11.7. The molecule has 0 aliphatic heterocycles. The van der Waals surface area contributed by atoms with Crippen molar-refractivity contribution in [2.24, 2.45) is 0 Å². The van der Waals surface area contributed by atoms with E-state index in [1.165, 1.54) is 0 Å². The lowest BCUT2D eigenvalue weighted by Crippen LogP contribution is -2.26. The van der Waals surface area contributed by atoms with Crippen molar-refractivity contribution in [3.8, 4) is 5.75 Å². The van der Waals surface area contributed by atoms with E-state index in [1.807, 2.05) is 24.3 Å². The summed E-state index contributed by atoms with van der Waals surface area (Å²) in [6, 6.07) is 7.55. The largest absolute Gasteiger partial charge is 0.497 e. The fourth-order valence-electron chi connectivity index (χ4n) is 1.74. The van der Waals surface area contributed by atoms with E-state index in [-0.39, 0.29) is 5.91 Å². The van der Waals surface area contributed by atoms with Crippen LogP contribution >= 0.6 is 0 Å². The van der Waals surface area contributed by atoms with E-state index in [0.29, 0.717) is 19.6 Å². The van der Waals surface area contributed by atoms with Crippen molar-refractivity contribution >= 4 is 5.91 Å². The summed E-state index contributed by atoms with van der Waals surface area (Å²) < 4.78 is 10.5. The van der Waals surface area contributed by atoms with Crippen molar-refractivity contribution in [2.75, 3.05) is 26.9 Å².